The summed E-state index contributed by atoms with van der Waals surface area (Å²) in [5.41, 5.74) is 2.73. The van der Waals surface area contributed by atoms with Gasteiger partial charge in [-0.2, -0.15) is 0 Å². The van der Waals surface area contributed by atoms with Crippen LogP contribution in [0.4, 0.5) is 0 Å². The molecule has 1 heterocycles. The second-order valence-corrected chi connectivity index (χ2v) is 17.7. The monoisotopic (exact) mass is 748 g/mol. The summed E-state index contributed by atoms with van der Waals surface area (Å²) in [6.45, 7) is 6.01. The minimum Gasteiger partial charge on any atom is -0.381 e. The molecule has 0 saturated carbocycles. The van der Waals surface area contributed by atoms with Crippen LogP contribution in [0.3, 0.4) is 0 Å². The number of fused-ring (bicyclic) bond motifs is 1. The molecule has 1 fully saturated rings. The van der Waals surface area contributed by atoms with E-state index in [4.69, 9.17) is 0 Å². The van der Waals surface area contributed by atoms with Crippen molar-refractivity contribution in [1.82, 2.24) is 20.3 Å². The molecule has 4 aromatic carbocycles. The molecule has 0 spiro atoms. The maximum atomic E-state index is 14.1. The van der Waals surface area contributed by atoms with Gasteiger partial charge in [-0.1, -0.05) is 84.9 Å². The average molecular weight is 749 g/mol. The third-order valence-corrected chi connectivity index (χ3v) is 12.0. The van der Waals surface area contributed by atoms with E-state index < -0.39 is 50.8 Å². The minimum absolute atomic E-state index is 0.0550. The van der Waals surface area contributed by atoms with Crippen molar-refractivity contribution in [3.8, 4) is 0 Å². The Morgan fingerprint density at radius 1 is 0.961 bits per heavy atom. The fourth-order valence-electron chi connectivity index (χ4n) is 6.09. The molecular formula is C38H44N4O6S3. The van der Waals surface area contributed by atoms with Gasteiger partial charge in [-0.3, -0.25) is 14.4 Å². The lowest BCUT2D eigenvalue weighted by molar-refractivity contribution is -0.147. The summed E-state index contributed by atoms with van der Waals surface area (Å²) in [5, 5.41) is 19.5. The first-order valence-corrected chi connectivity index (χ1v) is 20.5. The van der Waals surface area contributed by atoms with Gasteiger partial charge in [0.1, 0.15) is 12.1 Å². The van der Waals surface area contributed by atoms with Crippen molar-refractivity contribution >= 4 is 62.0 Å². The third-order valence-electron chi connectivity index (χ3n) is 8.86. The number of carbonyl (C=O) groups is 3. The maximum absolute atomic E-state index is 14.1. The van der Waals surface area contributed by atoms with Crippen molar-refractivity contribution in [1.29, 1.82) is 0 Å². The highest BCUT2D eigenvalue weighted by atomic mass is 32.2. The molecule has 0 bridgehead atoms. The Hall–Kier alpha value is -3.88. The van der Waals surface area contributed by atoms with Gasteiger partial charge in [-0.05, 0) is 66.8 Å². The largest absolute Gasteiger partial charge is 0.381 e. The fourth-order valence-corrected chi connectivity index (χ4v) is 9.01. The van der Waals surface area contributed by atoms with Crippen LogP contribution in [-0.4, -0.2) is 83.0 Å². The quantitative estimate of drug-likeness (QED) is 0.140. The number of aryl methyl sites for hydroxylation is 1. The molecule has 0 aliphatic carbocycles. The summed E-state index contributed by atoms with van der Waals surface area (Å²) in [6, 6.07) is 27.2. The summed E-state index contributed by atoms with van der Waals surface area (Å²) < 4.78 is 26.6. The van der Waals surface area contributed by atoms with Crippen LogP contribution in [0.1, 0.15) is 30.5 Å². The van der Waals surface area contributed by atoms with Crippen molar-refractivity contribution in [3.63, 3.8) is 0 Å². The van der Waals surface area contributed by atoms with Gasteiger partial charge in [0.25, 0.3) is 5.91 Å². The summed E-state index contributed by atoms with van der Waals surface area (Å²) in [6.07, 6.45) is -0.676. The zero-order valence-electron chi connectivity index (χ0n) is 29.0. The number of aliphatic hydroxyl groups is 1. The Labute approximate surface area is 308 Å². The van der Waals surface area contributed by atoms with Gasteiger partial charge < -0.3 is 20.6 Å². The molecule has 270 valence electrons. The molecule has 13 heteroatoms. The number of aliphatic hydroxyl groups excluding tert-OH is 1. The lowest BCUT2D eigenvalue weighted by Gasteiger charge is -2.33. The molecule has 1 saturated heterocycles. The van der Waals surface area contributed by atoms with Gasteiger partial charge in [-0.25, -0.2) is 13.1 Å². The lowest BCUT2D eigenvalue weighted by atomic mass is 9.97. The zero-order valence-corrected chi connectivity index (χ0v) is 31.5. The van der Waals surface area contributed by atoms with Crippen LogP contribution in [0, 0.1) is 6.92 Å². The summed E-state index contributed by atoms with van der Waals surface area (Å²) >= 11 is 2.74. The van der Waals surface area contributed by atoms with Crippen LogP contribution in [0.15, 0.2) is 102 Å². The van der Waals surface area contributed by atoms with Crippen LogP contribution in [0.5, 0.6) is 0 Å². The number of benzene rings is 4. The standard InChI is InChI=1S/C38H44N4O6S3/c1-25-12-8-9-17-29(25)22-39-36(45)34-38(2,3)50-24-42(34)37(46)33(43)31(20-26-13-6-5-7-14-26)40-35(44)32(41-51(4,47)48)23-49-30-19-18-27-15-10-11-16-28(27)21-30/h5-19,21,31-34,41,43H,20,22-24H2,1-4H3,(H,39,45)(H,40,44)/t31-,32+,33-,34+/m0/s1. The number of rotatable bonds is 14. The van der Waals surface area contributed by atoms with Gasteiger partial charge >= 0.3 is 0 Å². The predicted octanol–water partition coefficient (Wildman–Crippen LogP) is 4.24. The SMILES string of the molecule is Cc1ccccc1CNC(=O)[C@H]1N(C(=O)[C@@H](O)[C@H](Cc2ccccc2)NC(=O)[C@@H](CSc2ccc3ccccc3c2)NS(C)(=O)=O)CSC1(C)C. The highest BCUT2D eigenvalue weighted by Crippen LogP contribution is 2.40. The summed E-state index contributed by atoms with van der Waals surface area (Å²) in [5.74, 6) is -1.52. The number of nitrogens with one attached hydrogen (secondary N) is 3. The topological polar surface area (TPSA) is 145 Å². The van der Waals surface area contributed by atoms with E-state index in [0.29, 0.717) is 0 Å². The average Bonchev–Trinajstić information content (AvgIpc) is 3.43. The first-order chi connectivity index (χ1) is 24.2. The van der Waals surface area contributed by atoms with Gasteiger partial charge in [0.15, 0.2) is 6.10 Å². The Balaban J connectivity index is 1.35. The number of sulfonamides is 1. The molecule has 10 nitrogen and oxygen atoms in total. The lowest BCUT2D eigenvalue weighted by Crippen LogP contribution is -2.60. The number of amides is 3. The van der Waals surface area contributed by atoms with Gasteiger partial charge in [0.2, 0.25) is 21.8 Å². The van der Waals surface area contributed by atoms with Crippen molar-refractivity contribution in [2.45, 2.75) is 67.6 Å². The van der Waals surface area contributed by atoms with Gasteiger partial charge in [0.05, 0.1) is 18.2 Å². The number of hydrogen-bond donors (Lipinski definition) is 4. The third kappa shape index (κ3) is 10.1. The predicted molar refractivity (Wildman–Crippen MR) is 205 cm³/mol. The van der Waals surface area contributed by atoms with E-state index >= 15 is 0 Å². The Morgan fingerprint density at radius 3 is 2.33 bits per heavy atom. The van der Waals surface area contributed by atoms with Crippen LogP contribution >= 0.6 is 23.5 Å². The Kier molecular flexibility index (Phi) is 12.5. The zero-order chi connectivity index (χ0) is 36.8. The van der Waals surface area contributed by atoms with E-state index in [-0.39, 0.29) is 30.5 Å². The molecule has 51 heavy (non-hydrogen) atoms. The summed E-state index contributed by atoms with van der Waals surface area (Å²) in [7, 11) is -3.82. The second kappa shape index (κ2) is 16.6. The molecule has 4 atom stereocenters. The van der Waals surface area contributed by atoms with Crippen molar-refractivity contribution in [3.05, 3.63) is 114 Å². The van der Waals surface area contributed by atoms with E-state index in [2.05, 4.69) is 15.4 Å². The van der Waals surface area contributed by atoms with E-state index in [1.54, 1.807) is 0 Å². The van der Waals surface area contributed by atoms with E-state index in [0.717, 1.165) is 38.6 Å². The molecule has 3 amide bonds. The maximum Gasteiger partial charge on any atom is 0.254 e. The highest BCUT2D eigenvalue weighted by Gasteiger charge is 2.50. The fraction of sp³-hybridized carbons (Fsp3) is 0.342. The molecule has 5 rings (SSSR count). The highest BCUT2D eigenvalue weighted by molar-refractivity contribution is 8.01. The molecule has 1 aliphatic rings. The van der Waals surface area contributed by atoms with E-state index in [9.17, 15) is 27.9 Å². The second-order valence-electron chi connectivity index (χ2n) is 13.2. The Bertz CT molecular complexity index is 1970. The smallest absolute Gasteiger partial charge is 0.254 e. The van der Waals surface area contributed by atoms with Crippen molar-refractivity contribution in [2.75, 3.05) is 17.9 Å². The van der Waals surface area contributed by atoms with Crippen LogP contribution in [0.2, 0.25) is 0 Å². The van der Waals surface area contributed by atoms with E-state index in [1.807, 2.05) is 118 Å². The van der Waals surface area contributed by atoms with Gasteiger partial charge in [-0.15, -0.1) is 23.5 Å². The van der Waals surface area contributed by atoms with Crippen LogP contribution in [0.25, 0.3) is 10.8 Å². The number of nitrogens with zero attached hydrogens (tertiary/aromatic N) is 1. The van der Waals surface area contributed by atoms with E-state index in [1.165, 1.54) is 28.4 Å². The normalized spacial score (nSPS) is 17.4. The van der Waals surface area contributed by atoms with Crippen LogP contribution in [-0.2, 0) is 37.4 Å². The molecule has 4 N–H and O–H groups in total. The molecule has 0 unspecified atom stereocenters. The molecule has 1 aliphatic heterocycles. The number of thioether (sulfide) groups is 2. The first kappa shape index (κ1) is 38.4. The molecule has 4 aromatic rings. The number of hydrogen-bond acceptors (Lipinski definition) is 8. The first-order valence-electron chi connectivity index (χ1n) is 16.6. The van der Waals surface area contributed by atoms with Crippen molar-refractivity contribution < 1.29 is 27.9 Å². The number of carbonyl (C=O) groups excluding carboxylic acids is 3. The van der Waals surface area contributed by atoms with Crippen molar-refractivity contribution in [2.24, 2.45) is 0 Å². The molecular weight excluding hydrogens is 705 g/mol. The summed E-state index contributed by atoms with van der Waals surface area (Å²) in [4.78, 5) is 43.9. The van der Waals surface area contributed by atoms with Crippen LogP contribution < -0.4 is 15.4 Å². The Morgan fingerprint density at radius 2 is 1.63 bits per heavy atom. The molecule has 0 aromatic heterocycles. The molecule has 0 radical (unpaired) electrons. The van der Waals surface area contributed by atoms with Gasteiger partial charge in [0, 0.05) is 21.9 Å². The minimum atomic E-state index is -3.82.